The Kier molecular flexibility index (Phi) is 6.02. The number of likely N-dealkylation sites (tertiary alicyclic amines) is 1. The summed E-state index contributed by atoms with van der Waals surface area (Å²) < 4.78 is 0. The summed E-state index contributed by atoms with van der Waals surface area (Å²) in [4.78, 5) is 2.44. The molecule has 20 heavy (non-hydrogen) atoms. The van der Waals surface area contributed by atoms with E-state index in [1.54, 1.807) is 0 Å². The summed E-state index contributed by atoms with van der Waals surface area (Å²) in [6, 6.07) is 8.80. The average Bonchev–Trinajstić information content (AvgIpc) is 2.70. The highest BCUT2D eigenvalue weighted by atomic mass is 16.3. The number of hydrogen-bond donors (Lipinski definition) is 2. The first-order chi connectivity index (χ1) is 9.72. The Balaban J connectivity index is 1.91. The number of nitrogens with zero attached hydrogens (tertiary/aromatic N) is 1. The van der Waals surface area contributed by atoms with E-state index in [4.69, 9.17) is 5.73 Å². The SMILES string of the molecule is Cc1ccccc1C(N)CCN1CCCCCC1CO. The summed E-state index contributed by atoms with van der Waals surface area (Å²) >= 11 is 0. The molecule has 0 bridgehead atoms. The van der Waals surface area contributed by atoms with Gasteiger partial charge in [-0.2, -0.15) is 0 Å². The third-order valence-corrected chi connectivity index (χ3v) is 4.53. The third kappa shape index (κ3) is 4.05. The monoisotopic (exact) mass is 276 g/mol. The topological polar surface area (TPSA) is 49.5 Å². The smallest absolute Gasteiger partial charge is 0.0586 e. The van der Waals surface area contributed by atoms with Gasteiger partial charge in [0.05, 0.1) is 6.61 Å². The van der Waals surface area contributed by atoms with E-state index in [0.717, 1.165) is 25.9 Å². The van der Waals surface area contributed by atoms with Crippen molar-refractivity contribution in [1.82, 2.24) is 4.90 Å². The van der Waals surface area contributed by atoms with Crippen LogP contribution in [0, 0.1) is 6.92 Å². The molecule has 1 heterocycles. The molecular weight excluding hydrogens is 248 g/mol. The normalized spacial score (nSPS) is 22.4. The van der Waals surface area contributed by atoms with E-state index < -0.39 is 0 Å². The zero-order valence-electron chi connectivity index (χ0n) is 12.6. The highest BCUT2D eigenvalue weighted by Crippen LogP contribution is 2.21. The number of aliphatic hydroxyl groups is 1. The van der Waals surface area contributed by atoms with Crippen LogP contribution in [0.3, 0.4) is 0 Å². The lowest BCUT2D eigenvalue weighted by molar-refractivity contribution is 0.121. The molecule has 3 nitrogen and oxygen atoms in total. The molecule has 1 aliphatic rings. The van der Waals surface area contributed by atoms with Crippen LogP contribution in [-0.2, 0) is 0 Å². The maximum Gasteiger partial charge on any atom is 0.0586 e. The van der Waals surface area contributed by atoms with Crippen molar-refractivity contribution in [2.45, 2.75) is 51.1 Å². The van der Waals surface area contributed by atoms with Crippen molar-refractivity contribution in [1.29, 1.82) is 0 Å². The Morgan fingerprint density at radius 2 is 2.10 bits per heavy atom. The molecule has 0 saturated carbocycles. The van der Waals surface area contributed by atoms with Gasteiger partial charge in [-0.05, 0) is 43.9 Å². The summed E-state index contributed by atoms with van der Waals surface area (Å²) in [7, 11) is 0. The van der Waals surface area contributed by atoms with Crippen molar-refractivity contribution >= 4 is 0 Å². The molecule has 3 heteroatoms. The lowest BCUT2D eigenvalue weighted by atomic mass is 9.99. The minimum absolute atomic E-state index is 0.0961. The molecule has 1 aromatic rings. The largest absolute Gasteiger partial charge is 0.395 e. The van der Waals surface area contributed by atoms with Crippen molar-refractivity contribution in [3.63, 3.8) is 0 Å². The van der Waals surface area contributed by atoms with Gasteiger partial charge >= 0.3 is 0 Å². The Hall–Kier alpha value is -0.900. The summed E-state index contributed by atoms with van der Waals surface area (Å²) in [6.07, 6.45) is 5.86. The van der Waals surface area contributed by atoms with Crippen molar-refractivity contribution in [3.8, 4) is 0 Å². The molecule has 2 unspecified atom stereocenters. The Labute approximate surface area is 122 Å². The summed E-state index contributed by atoms with van der Waals surface area (Å²) in [5.74, 6) is 0. The highest BCUT2D eigenvalue weighted by molar-refractivity contribution is 5.28. The lowest BCUT2D eigenvalue weighted by Crippen LogP contribution is -2.39. The van der Waals surface area contributed by atoms with E-state index in [0.29, 0.717) is 6.04 Å². The minimum Gasteiger partial charge on any atom is -0.395 e. The highest BCUT2D eigenvalue weighted by Gasteiger charge is 2.21. The van der Waals surface area contributed by atoms with Crippen LogP contribution in [0.4, 0.5) is 0 Å². The van der Waals surface area contributed by atoms with Crippen LogP contribution in [0.5, 0.6) is 0 Å². The number of aryl methyl sites for hydroxylation is 1. The molecule has 2 rings (SSSR count). The molecule has 2 atom stereocenters. The molecule has 1 aliphatic heterocycles. The fourth-order valence-corrected chi connectivity index (χ4v) is 3.20. The van der Waals surface area contributed by atoms with Gasteiger partial charge in [0, 0.05) is 18.6 Å². The van der Waals surface area contributed by atoms with E-state index in [1.165, 1.54) is 30.4 Å². The summed E-state index contributed by atoms with van der Waals surface area (Å²) in [5, 5.41) is 9.54. The molecule has 112 valence electrons. The average molecular weight is 276 g/mol. The first-order valence-electron chi connectivity index (χ1n) is 7.88. The molecular formula is C17H28N2O. The molecule has 3 N–H and O–H groups in total. The van der Waals surface area contributed by atoms with Crippen LogP contribution in [0.25, 0.3) is 0 Å². The van der Waals surface area contributed by atoms with E-state index in [2.05, 4.69) is 36.1 Å². The van der Waals surface area contributed by atoms with Crippen LogP contribution in [0.1, 0.15) is 49.3 Å². The molecule has 0 aliphatic carbocycles. The first kappa shape index (κ1) is 15.5. The zero-order valence-corrected chi connectivity index (χ0v) is 12.6. The second-order valence-corrected chi connectivity index (χ2v) is 5.97. The van der Waals surface area contributed by atoms with Gasteiger partial charge in [0.1, 0.15) is 0 Å². The molecule has 0 spiro atoms. The Morgan fingerprint density at radius 3 is 2.85 bits per heavy atom. The first-order valence-corrected chi connectivity index (χ1v) is 7.88. The molecule has 0 amide bonds. The van der Waals surface area contributed by atoms with E-state index in [9.17, 15) is 5.11 Å². The second-order valence-electron chi connectivity index (χ2n) is 5.97. The van der Waals surface area contributed by atoms with Gasteiger partial charge in [-0.3, -0.25) is 4.90 Å². The third-order valence-electron chi connectivity index (χ3n) is 4.53. The fraction of sp³-hybridized carbons (Fsp3) is 0.647. The summed E-state index contributed by atoms with van der Waals surface area (Å²) in [6.45, 7) is 4.49. The van der Waals surface area contributed by atoms with Gasteiger partial charge in [0.15, 0.2) is 0 Å². The van der Waals surface area contributed by atoms with Gasteiger partial charge in [0.2, 0.25) is 0 Å². The van der Waals surface area contributed by atoms with Gasteiger partial charge < -0.3 is 10.8 Å². The van der Waals surface area contributed by atoms with E-state index in [-0.39, 0.29) is 12.6 Å². The van der Waals surface area contributed by atoms with Crippen LogP contribution >= 0.6 is 0 Å². The van der Waals surface area contributed by atoms with Gasteiger partial charge in [0.25, 0.3) is 0 Å². The molecule has 0 radical (unpaired) electrons. The quantitative estimate of drug-likeness (QED) is 0.869. The van der Waals surface area contributed by atoms with Crippen LogP contribution in [0.15, 0.2) is 24.3 Å². The van der Waals surface area contributed by atoms with Crippen molar-refractivity contribution < 1.29 is 5.11 Å². The van der Waals surface area contributed by atoms with E-state index >= 15 is 0 Å². The van der Waals surface area contributed by atoms with E-state index in [1.807, 2.05) is 0 Å². The van der Waals surface area contributed by atoms with Gasteiger partial charge in [-0.1, -0.05) is 37.1 Å². The predicted octanol–water partition coefficient (Wildman–Crippen LogP) is 2.62. The molecule has 1 saturated heterocycles. The molecule has 1 aromatic carbocycles. The maximum absolute atomic E-state index is 9.54. The van der Waals surface area contributed by atoms with Gasteiger partial charge in [-0.25, -0.2) is 0 Å². The zero-order chi connectivity index (χ0) is 14.4. The van der Waals surface area contributed by atoms with Crippen LogP contribution in [-0.4, -0.2) is 35.7 Å². The lowest BCUT2D eigenvalue weighted by Gasteiger charge is -2.29. The van der Waals surface area contributed by atoms with Crippen LogP contribution in [0.2, 0.25) is 0 Å². The summed E-state index contributed by atoms with van der Waals surface area (Å²) in [5.41, 5.74) is 8.88. The van der Waals surface area contributed by atoms with Crippen LogP contribution < -0.4 is 5.73 Å². The number of hydrogen-bond acceptors (Lipinski definition) is 3. The fourth-order valence-electron chi connectivity index (χ4n) is 3.20. The predicted molar refractivity (Wildman–Crippen MR) is 83.6 cm³/mol. The number of aliphatic hydroxyl groups excluding tert-OH is 1. The number of benzene rings is 1. The molecule has 0 aromatic heterocycles. The number of rotatable bonds is 5. The Morgan fingerprint density at radius 1 is 1.30 bits per heavy atom. The van der Waals surface area contributed by atoms with Gasteiger partial charge in [-0.15, -0.1) is 0 Å². The standard InChI is InChI=1S/C17H28N2O/c1-14-7-4-5-9-16(14)17(18)10-12-19-11-6-2-3-8-15(19)13-20/h4-5,7,9,15,17,20H,2-3,6,8,10-13,18H2,1H3. The Bertz CT molecular complexity index is 408. The van der Waals surface area contributed by atoms with Crippen molar-refractivity contribution in [2.24, 2.45) is 5.73 Å². The second kappa shape index (κ2) is 7.77. The molecule has 1 fully saturated rings. The minimum atomic E-state index is 0.0961. The number of nitrogens with two attached hydrogens (primary N) is 1. The van der Waals surface area contributed by atoms with Crippen molar-refractivity contribution in [2.75, 3.05) is 19.7 Å². The van der Waals surface area contributed by atoms with Crippen molar-refractivity contribution in [3.05, 3.63) is 35.4 Å². The maximum atomic E-state index is 9.54.